The van der Waals surface area contributed by atoms with E-state index >= 15 is 0 Å². The molecule has 0 spiro atoms. The van der Waals surface area contributed by atoms with Crippen LogP contribution in [-0.2, 0) is 4.79 Å². The van der Waals surface area contributed by atoms with Gasteiger partial charge in [0.2, 0.25) is 5.91 Å². The molecule has 0 saturated heterocycles. The molecule has 0 aliphatic heterocycles. The van der Waals surface area contributed by atoms with Crippen molar-refractivity contribution in [2.45, 2.75) is 19.1 Å². The van der Waals surface area contributed by atoms with Crippen molar-refractivity contribution < 1.29 is 9.53 Å². The van der Waals surface area contributed by atoms with E-state index in [0.29, 0.717) is 11.4 Å². The number of carbonyl (C=O) groups excluding carboxylic acids is 1. The van der Waals surface area contributed by atoms with Crippen molar-refractivity contribution in [3.8, 4) is 5.75 Å². The van der Waals surface area contributed by atoms with E-state index in [2.05, 4.69) is 33.9 Å². The fraction of sp³-hybridized carbons (Fsp3) is 0.417. The number of benzene rings is 1. The first-order chi connectivity index (χ1) is 7.95. The molecule has 3 nitrogen and oxygen atoms in total. The van der Waals surface area contributed by atoms with Gasteiger partial charge in [0.05, 0.1) is 18.0 Å². The van der Waals surface area contributed by atoms with Gasteiger partial charge in [-0.3, -0.25) is 4.79 Å². The molecule has 1 rings (SSSR count). The number of halogens is 1. The Morgan fingerprint density at radius 1 is 1.47 bits per heavy atom. The molecule has 0 aliphatic rings. The molecule has 0 aliphatic carbocycles. The lowest BCUT2D eigenvalue weighted by Gasteiger charge is -2.16. The number of thiol groups is 1. The summed E-state index contributed by atoms with van der Waals surface area (Å²) in [5, 5.41) is 2.48. The largest absolute Gasteiger partial charge is 0.495 e. The van der Waals surface area contributed by atoms with Crippen LogP contribution in [0.2, 0.25) is 0 Å². The van der Waals surface area contributed by atoms with Gasteiger partial charge in [-0.2, -0.15) is 12.6 Å². The second-order valence-electron chi connectivity index (χ2n) is 4.02. The molecule has 0 bridgehead atoms. The Bertz CT molecular complexity index is 409. The molecule has 17 heavy (non-hydrogen) atoms. The standard InChI is InChI=1S/C12H16BrNO2S/c1-7(2)11(17)12(15)14-9-6-8(13)4-5-10(9)16-3/h4-7,11,17H,1-3H3,(H,14,15). The molecule has 0 heterocycles. The summed E-state index contributed by atoms with van der Waals surface area (Å²) in [7, 11) is 1.57. The van der Waals surface area contributed by atoms with Gasteiger partial charge < -0.3 is 10.1 Å². The molecule has 94 valence electrons. The smallest absolute Gasteiger partial charge is 0.237 e. The van der Waals surface area contributed by atoms with E-state index in [1.54, 1.807) is 19.2 Å². The van der Waals surface area contributed by atoms with Crippen molar-refractivity contribution >= 4 is 40.2 Å². The van der Waals surface area contributed by atoms with Crippen molar-refractivity contribution in [3.05, 3.63) is 22.7 Å². The fourth-order valence-corrected chi connectivity index (χ4v) is 1.71. The average molecular weight is 318 g/mol. The number of hydrogen-bond donors (Lipinski definition) is 2. The first kappa shape index (κ1) is 14.4. The molecular weight excluding hydrogens is 302 g/mol. The molecule has 1 N–H and O–H groups in total. The van der Waals surface area contributed by atoms with Crippen LogP contribution in [0.1, 0.15) is 13.8 Å². The minimum atomic E-state index is -0.335. The Morgan fingerprint density at radius 3 is 2.65 bits per heavy atom. The van der Waals surface area contributed by atoms with Crippen LogP contribution in [0.5, 0.6) is 5.75 Å². The summed E-state index contributed by atoms with van der Waals surface area (Å²) < 4.78 is 6.06. The van der Waals surface area contributed by atoms with Gasteiger partial charge >= 0.3 is 0 Å². The van der Waals surface area contributed by atoms with Gasteiger partial charge in [-0.05, 0) is 24.1 Å². The van der Waals surface area contributed by atoms with Crippen molar-refractivity contribution in [3.63, 3.8) is 0 Å². The number of methoxy groups -OCH3 is 1. The highest BCUT2D eigenvalue weighted by Gasteiger charge is 2.19. The van der Waals surface area contributed by atoms with E-state index in [1.807, 2.05) is 19.9 Å². The maximum atomic E-state index is 11.9. The second-order valence-corrected chi connectivity index (χ2v) is 5.49. The first-order valence-corrected chi connectivity index (χ1v) is 6.59. The zero-order valence-corrected chi connectivity index (χ0v) is 12.5. The predicted octanol–water partition coefficient (Wildman–Crippen LogP) is 3.35. The Hall–Kier alpha value is -0.680. The molecule has 0 aromatic heterocycles. The molecule has 1 aromatic carbocycles. The Morgan fingerprint density at radius 2 is 2.12 bits per heavy atom. The van der Waals surface area contributed by atoms with Gasteiger partial charge in [0.25, 0.3) is 0 Å². The molecular formula is C12H16BrNO2S. The Balaban J connectivity index is 2.87. The predicted molar refractivity (Wildman–Crippen MR) is 76.9 cm³/mol. The maximum Gasteiger partial charge on any atom is 0.237 e. The number of amides is 1. The monoisotopic (exact) mass is 317 g/mol. The maximum absolute atomic E-state index is 11.9. The molecule has 0 saturated carbocycles. The highest BCUT2D eigenvalue weighted by Crippen LogP contribution is 2.28. The number of rotatable bonds is 4. The summed E-state index contributed by atoms with van der Waals surface area (Å²) >= 11 is 7.63. The molecule has 5 heteroatoms. The Kier molecular flexibility index (Phi) is 5.33. The van der Waals surface area contributed by atoms with Gasteiger partial charge in [-0.1, -0.05) is 29.8 Å². The number of ether oxygens (including phenoxy) is 1. The zero-order valence-electron chi connectivity index (χ0n) is 10.0. The van der Waals surface area contributed by atoms with E-state index in [0.717, 1.165) is 4.47 Å². The van der Waals surface area contributed by atoms with E-state index in [-0.39, 0.29) is 17.1 Å². The van der Waals surface area contributed by atoms with Crippen molar-refractivity contribution in [1.29, 1.82) is 0 Å². The Labute approximate surface area is 115 Å². The van der Waals surface area contributed by atoms with Crippen LogP contribution >= 0.6 is 28.6 Å². The van der Waals surface area contributed by atoms with Crippen molar-refractivity contribution in [1.82, 2.24) is 0 Å². The minimum absolute atomic E-state index is 0.125. The summed E-state index contributed by atoms with van der Waals surface area (Å²) in [5.41, 5.74) is 0.645. The lowest BCUT2D eigenvalue weighted by molar-refractivity contribution is -0.116. The van der Waals surface area contributed by atoms with Crippen LogP contribution < -0.4 is 10.1 Å². The average Bonchev–Trinajstić information content (AvgIpc) is 2.28. The number of nitrogens with one attached hydrogen (secondary N) is 1. The minimum Gasteiger partial charge on any atom is -0.495 e. The normalized spacial score (nSPS) is 12.4. The van der Waals surface area contributed by atoms with Gasteiger partial charge in [-0.15, -0.1) is 0 Å². The van der Waals surface area contributed by atoms with Crippen LogP contribution in [0.15, 0.2) is 22.7 Å². The van der Waals surface area contributed by atoms with E-state index < -0.39 is 0 Å². The molecule has 0 fully saturated rings. The van der Waals surface area contributed by atoms with Crippen LogP contribution in [0.25, 0.3) is 0 Å². The fourth-order valence-electron chi connectivity index (χ4n) is 1.29. The summed E-state index contributed by atoms with van der Waals surface area (Å²) in [6.07, 6.45) is 0. The van der Waals surface area contributed by atoms with E-state index in [1.165, 1.54) is 0 Å². The van der Waals surface area contributed by atoms with Crippen molar-refractivity contribution in [2.75, 3.05) is 12.4 Å². The first-order valence-electron chi connectivity index (χ1n) is 5.28. The quantitative estimate of drug-likeness (QED) is 0.836. The SMILES string of the molecule is COc1ccc(Br)cc1NC(=O)C(S)C(C)C. The number of carbonyl (C=O) groups is 1. The topological polar surface area (TPSA) is 38.3 Å². The molecule has 1 atom stereocenters. The summed E-state index contributed by atoms with van der Waals surface area (Å²) in [6.45, 7) is 3.91. The third-order valence-electron chi connectivity index (χ3n) is 2.32. The van der Waals surface area contributed by atoms with Gasteiger partial charge in [-0.25, -0.2) is 0 Å². The lowest BCUT2D eigenvalue weighted by atomic mass is 10.1. The molecule has 1 unspecified atom stereocenters. The van der Waals surface area contributed by atoms with Crippen LogP contribution in [0.4, 0.5) is 5.69 Å². The summed E-state index contributed by atoms with van der Waals surface area (Å²) in [4.78, 5) is 11.9. The summed E-state index contributed by atoms with van der Waals surface area (Å²) in [5.74, 6) is 0.682. The molecule has 1 aromatic rings. The summed E-state index contributed by atoms with van der Waals surface area (Å²) in [6, 6.07) is 5.45. The van der Waals surface area contributed by atoms with Gasteiger partial charge in [0, 0.05) is 4.47 Å². The third-order valence-corrected chi connectivity index (χ3v) is 3.64. The molecule has 0 radical (unpaired) electrons. The van der Waals surface area contributed by atoms with Crippen molar-refractivity contribution in [2.24, 2.45) is 5.92 Å². The molecule has 1 amide bonds. The zero-order chi connectivity index (χ0) is 13.0. The third kappa shape index (κ3) is 3.92. The van der Waals surface area contributed by atoms with Crippen LogP contribution in [0, 0.1) is 5.92 Å². The number of hydrogen-bond acceptors (Lipinski definition) is 3. The van der Waals surface area contributed by atoms with E-state index in [9.17, 15) is 4.79 Å². The highest BCUT2D eigenvalue weighted by molar-refractivity contribution is 9.10. The number of anilines is 1. The second kappa shape index (κ2) is 6.31. The van der Waals surface area contributed by atoms with Gasteiger partial charge in [0.15, 0.2) is 0 Å². The lowest BCUT2D eigenvalue weighted by Crippen LogP contribution is -2.27. The van der Waals surface area contributed by atoms with Crippen LogP contribution in [0.3, 0.4) is 0 Å². The highest BCUT2D eigenvalue weighted by atomic mass is 79.9. The van der Waals surface area contributed by atoms with Crippen LogP contribution in [-0.4, -0.2) is 18.3 Å². The van der Waals surface area contributed by atoms with E-state index in [4.69, 9.17) is 4.74 Å². The van der Waals surface area contributed by atoms with Gasteiger partial charge in [0.1, 0.15) is 5.75 Å².